The van der Waals surface area contributed by atoms with Crippen molar-refractivity contribution in [1.29, 1.82) is 0 Å². The Morgan fingerprint density at radius 2 is 1.72 bits per heavy atom. The van der Waals surface area contributed by atoms with E-state index in [-0.39, 0.29) is 24.1 Å². The van der Waals surface area contributed by atoms with Crippen LogP contribution in [0.25, 0.3) is 0 Å². The number of quaternary nitrogens is 1. The molecule has 2 atom stereocenters. The van der Waals surface area contributed by atoms with Crippen molar-refractivity contribution in [3.8, 4) is 0 Å². The van der Waals surface area contributed by atoms with E-state index < -0.39 is 5.60 Å². The van der Waals surface area contributed by atoms with Crippen LogP contribution in [-0.4, -0.2) is 72.3 Å². The molecule has 176 valence electrons. The molecule has 5 rings (SSSR count). The maximum Gasteiger partial charge on any atom is 0.362 e. The number of likely N-dealkylation sites (tertiary alicyclic amines) is 1. The van der Waals surface area contributed by atoms with E-state index in [1.54, 1.807) is 0 Å². The lowest BCUT2D eigenvalue weighted by Crippen LogP contribution is -2.66. The van der Waals surface area contributed by atoms with E-state index in [0.717, 1.165) is 64.0 Å². The first-order valence-electron chi connectivity index (χ1n) is 12.3. The van der Waals surface area contributed by atoms with E-state index in [1.165, 1.54) is 6.42 Å². The molecule has 0 spiro atoms. The third kappa shape index (κ3) is 5.52. The Morgan fingerprint density at radius 1 is 1.06 bits per heavy atom. The molecule has 0 radical (unpaired) electrons. The molecule has 4 heterocycles. The number of carbonyl (C=O) groups is 2. The highest BCUT2D eigenvalue weighted by molar-refractivity contribution is 5.78. The number of esters is 2. The monoisotopic (exact) mass is 443 g/mol. The van der Waals surface area contributed by atoms with Crippen molar-refractivity contribution in [2.24, 2.45) is 5.92 Å². The van der Waals surface area contributed by atoms with Gasteiger partial charge in [0.15, 0.2) is 12.6 Å². The molecular formula is C26H39N2O4+. The number of carbonyl (C=O) groups excluding carboxylic acids is 2. The molecule has 0 saturated carbocycles. The number of hydrogen-bond donors (Lipinski definition) is 0. The van der Waals surface area contributed by atoms with Crippen LogP contribution in [0.2, 0.25) is 0 Å². The Hall–Kier alpha value is -1.92. The lowest BCUT2D eigenvalue weighted by Gasteiger charge is -2.51. The first kappa shape index (κ1) is 23.2. The van der Waals surface area contributed by atoms with Gasteiger partial charge in [0.25, 0.3) is 0 Å². The summed E-state index contributed by atoms with van der Waals surface area (Å²) < 4.78 is 12.5. The highest BCUT2D eigenvalue weighted by atomic mass is 16.6. The van der Waals surface area contributed by atoms with Crippen molar-refractivity contribution in [2.45, 2.75) is 70.6 Å². The molecule has 0 amide bonds. The van der Waals surface area contributed by atoms with Crippen molar-refractivity contribution in [1.82, 2.24) is 4.90 Å². The molecule has 0 N–H and O–H groups in total. The summed E-state index contributed by atoms with van der Waals surface area (Å²) in [6.45, 7) is 10.6. The molecule has 4 aliphatic rings. The Bertz CT molecular complexity index is 790. The number of piperidine rings is 4. The largest absolute Gasteiger partial charge is 0.456 e. The van der Waals surface area contributed by atoms with E-state index in [2.05, 4.69) is 4.90 Å². The first-order chi connectivity index (χ1) is 15.2. The third-order valence-electron chi connectivity index (χ3n) is 7.29. The minimum absolute atomic E-state index is 0.122. The summed E-state index contributed by atoms with van der Waals surface area (Å²) in [4.78, 5) is 28.4. The molecule has 4 fully saturated rings. The topological polar surface area (TPSA) is 55.8 Å². The summed E-state index contributed by atoms with van der Waals surface area (Å²) in [7, 11) is 0. The van der Waals surface area contributed by atoms with Crippen molar-refractivity contribution in [2.75, 3.05) is 39.3 Å². The van der Waals surface area contributed by atoms with Gasteiger partial charge in [-0.05, 0) is 52.3 Å². The van der Waals surface area contributed by atoms with Crippen LogP contribution < -0.4 is 0 Å². The molecule has 6 nitrogen and oxygen atoms in total. The van der Waals surface area contributed by atoms with Gasteiger partial charge in [-0.1, -0.05) is 36.8 Å². The Labute approximate surface area is 192 Å². The van der Waals surface area contributed by atoms with Gasteiger partial charge in [-0.3, -0.25) is 4.90 Å². The zero-order chi connectivity index (χ0) is 22.8. The van der Waals surface area contributed by atoms with Crippen molar-refractivity contribution < 1.29 is 23.5 Å². The number of fused-ring (bicyclic) bond motifs is 3. The molecule has 0 aliphatic carbocycles. The highest BCUT2D eigenvalue weighted by Crippen LogP contribution is 2.37. The van der Waals surface area contributed by atoms with E-state index in [9.17, 15) is 9.59 Å². The fourth-order valence-corrected chi connectivity index (χ4v) is 5.75. The normalized spacial score (nSPS) is 29.3. The average Bonchev–Trinajstić information content (AvgIpc) is 2.74. The summed E-state index contributed by atoms with van der Waals surface area (Å²) in [6, 6.07) is 9.71. The van der Waals surface area contributed by atoms with Crippen LogP contribution in [0.3, 0.4) is 0 Å². The van der Waals surface area contributed by atoms with E-state index >= 15 is 0 Å². The highest BCUT2D eigenvalue weighted by Gasteiger charge is 2.49. The lowest BCUT2D eigenvalue weighted by atomic mass is 9.83. The van der Waals surface area contributed by atoms with Gasteiger partial charge in [0, 0.05) is 18.8 Å². The maximum atomic E-state index is 13.5. The third-order valence-corrected chi connectivity index (χ3v) is 7.29. The van der Waals surface area contributed by atoms with Crippen LogP contribution in [0.4, 0.5) is 0 Å². The fraction of sp³-hybridized carbons (Fsp3) is 0.692. The summed E-state index contributed by atoms with van der Waals surface area (Å²) in [5.74, 6) is 0.112. The van der Waals surface area contributed by atoms with Gasteiger partial charge in [0.2, 0.25) is 0 Å². The van der Waals surface area contributed by atoms with Crippen molar-refractivity contribution in [3.05, 3.63) is 35.9 Å². The second-order valence-corrected chi connectivity index (χ2v) is 10.9. The van der Waals surface area contributed by atoms with Gasteiger partial charge in [-0.2, -0.15) is 0 Å². The molecule has 6 heteroatoms. The van der Waals surface area contributed by atoms with Crippen molar-refractivity contribution >= 4 is 11.9 Å². The first-order valence-corrected chi connectivity index (χ1v) is 12.3. The minimum Gasteiger partial charge on any atom is -0.456 e. The number of nitrogens with zero attached hydrogens (tertiary/aromatic N) is 2. The maximum absolute atomic E-state index is 13.5. The number of hydrogen-bond acceptors (Lipinski definition) is 5. The summed E-state index contributed by atoms with van der Waals surface area (Å²) in [5.41, 5.74) is 0.533. The van der Waals surface area contributed by atoms with Crippen LogP contribution in [0.1, 0.15) is 64.5 Å². The minimum atomic E-state index is -0.479. The fourth-order valence-electron chi connectivity index (χ4n) is 5.75. The van der Waals surface area contributed by atoms with Gasteiger partial charge in [0.1, 0.15) is 18.2 Å². The quantitative estimate of drug-likeness (QED) is 0.496. The molecule has 4 aliphatic heterocycles. The second-order valence-electron chi connectivity index (χ2n) is 10.9. The predicted molar refractivity (Wildman–Crippen MR) is 123 cm³/mol. The molecule has 32 heavy (non-hydrogen) atoms. The number of benzene rings is 1. The molecular weight excluding hydrogens is 404 g/mol. The SMILES string of the molecule is CC(C)(C)OC(=O)C[N+]12CCC(CC1)[C@@H](OC(=O)[C@H](c1ccccc1)N1CCCCC1)C2. The van der Waals surface area contributed by atoms with Gasteiger partial charge in [-0.15, -0.1) is 0 Å². The summed E-state index contributed by atoms with van der Waals surface area (Å²) >= 11 is 0. The van der Waals surface area contributed by atoms with E-state index in [1.807, 2.05) is 51.1 Å². The Balaban J connectivity index is 1.46. The summed E-state index contributed by atoms with van der Waals surface area (Å²) in [5, 5.41) is 0. The molecule has 2 bridgehead atoms. The second kappa shape index (κ2) is 9.52. The van der Waals surface area contributed by atoms with Crippen molar-refractivity contribution in [3.63, 3.8) is 0 Å². The van der Waals surface area contributed by atoms with Crippen LogP contribution in [-0.2, 0) is 19.1 Å². The Morgan fingerprint density at radius 3 is 2.34 bits per heavy atom. The van der Waals surface area contributed by atoms with Crippen LogP contribution >= 0.6 is 0 Å². The predicted octanol–water partition coefficient (Wildman–Crippen LogP) is 3.71. The molecule has 0 aromatic heterocycles. The molecule has 4 saturated heterocycles. The summed E-state index contributed by atoms with van der Waals surface area (Å²) in [6.07, 6.45) is 5.35. The number of ether oxygens (including phenoxy) is 2. The van der Waals surface area contributed by atoms with Gasteiger partial charge >= 0.3 is 11.9 Å². The van der Waals surface area contributed by atoms with Gasteiger partial charge < -0.3 is 14.0 Å². The molecule has 0 unspecified atom stereocenters. The molecule has 1 aromatic carbocycles. The zero-order valence-corrected chi connectivity index (χ0v) is 19.9. The van der Waals surface area contributed by atoms with Gasteiger partial charge in [-0.25, -0.2) is 9.59 Å². The van der Waals surface area contributed by atoms with E-state index in [4.69, 9.17) is 9.47 Å². The van der Waals surface area contributed by atoms with Crippen LogP contribution in [0, 0.1) is 5.92 Å². The molecule has 1 aromatic rings. The zero-order valence-electron chi connectivity index (χ0n) is 19.9. The van der Waals surface area contributed by atoms with E-state index in [0.29, 0.717) is 16.9 Å². The average molecular weight is 444 g/mol. The lowest BCUT2D eigenvalue weighted by molar-refractivity contribution is -0.939. The standard InChI is InChI=1S/C26H39N2O4/c1-26(2,3)32-23(29)19-28-16-12-20(13-17-28)22(18-28)31-25(30)24(21-10-6-4-7-11-21)27-14-8-5-9-15-27/h4,6-7,10-11,20,22,24H,5,8-9,12-19H2,1-3H3/q+1/t20?,22-,24-,28?/m0/s1. The smallest absolute Gasteiger partial charge is 0.362 e. The van der Waals surface area contributed by atoms with Crippen LogP contribution in [0.5, 0.6) is 0 Å². The van der Waals surface area contributed by atoms with Crippen LogP contribution in [0.15, 0.2) is 30.3 Å². The Kier molecular flexibility index (Phi) is 6.91. The number of rotatable bonds is 6. The van der Waals surface area contributed by atoms with Gasteiger partial charge in [0.05, 0.1) is 13.1 Å².